The molecule has 4 rings (SSSR count). The van der Waals surface area contributed by atoms with Crippen LogP contribution in [-0.2, 0) is 14.3 Å². The van der Waals surface area contributed by atoms with Crippen molar-refractivity contribution in [1.29, 1.82) is 0 Å². The SMILES string of the molecule is CC[C@H](C)OC(=O)C1=C(C)NC2=C(C(=O)C[C@@H](c3ccccc3)C2)[C@@H]1c1cccc(OC)c1. The molecule has 5 heteroatoms. The number of hydrogen-bond acceptors (Lipinski definition) is 5. The molecule has 1 heterocycles. The van der Waals surface area contributed by atoms with Gasteiger partial charge in [0, 0.05) is 29.3 Å². The molecule has 2 aliphatic rings. The smallest absolute Gasteiger partial charge is 0.337 e. The van der Waals surface area contributed by atoms with Gasteiger partial charge in [-0.05, 0) is 55.9 Å². The van der Waals surface area contributed by atoms with Gasteiger partial charge in [-0.3, -0.25) is 4.79 Å². The molecule has 0 saturated heterocycles. The first-order valence-corrected chi connectivity index (χ1v) is 11.6. The Morgan fingerprint density at radius 2 is 1.82 bits per heavy atom. The fraction of sp³-hybridized carbons (Fsp3) is 0.357. The summed E-state index contributed by atoms with van der Waals surface area (Å²) in [5.74, 6) is -0.0150. The van der Waals surface area contributed by atoms with Crippen molar-refractivity contribution in [1.82, 2.24) is 5.32 Å². The average molecular weight is 446 g/mol. The summed E-state index contributed by atoms with van der Waals surface area (Å²) in [6.07, 6.45) is 1.65. The summed E-state index contributed by atoms with van der Waals surface area (Å²) in [6, 6.07) is 17.7. The van der Waals surface area contributed by atoms with Gasteiger partial charge in [-0.15, -0.1) is 0 Å². The molecule has 0 unspecified atom stereocenters. The Hall–Kier alpha value is -3.34. The number of rotatable bonds is 6. The summed E-state index contributed by atoms with van der Waals surface area (Å²) in [6.45, 7) is 5.75. The van der Waals surface area contributed by atoms with Gasteiger partial charge in [0.1, 0.15) is 5.75 Å². The van der Waals surface area contributed by atoms with Crippen molar-refractivity contribution in [2.45, 2.75) is 58.0 Å². The summed E-state index contributed by atoms with van der Waals surface area (Å²) in [4.78, 5) is 26.9. The third kappa shape index (κ3) is 4.58. The second-order valence-electron chi connectivity index (χ2n) is 8.83. The van der Waals surface area contributed by atoms with Crippen LogP contribution in [0.15, 0.2) is 77.1 Å². The number of hydrogen-bond donors (Lipinski definition) is 1. The summed E-state index contributed by atoms with van der Waals surface area (Å²) >= 11 is 0. The Morgan fingerprint density at radius 3 is 2.52 bits per heavy atom. The largest absolute Gasteiger partial charge is 0.497 e. The molecule has 0 radical (unpaired) electrons. The standard InChI is InChI=1S/C28H31NO4/c1-5-17(2)33-28(31)25-18(3)29-23-15-21(19-10-7-6-8-11-19)16-24(30)27(23)26(25)20-12-9-13-22(14-20)32-4/h6-14,17,21,26,29H,5,15-16H2,1-4H3/t17-,21-,26+/m0/s1. The number of Topliss-reactive ketones (excluding diaryl/α,β-unsaturated/α-hetero) is 1. The fourth-order valence-electron chi connectivity index (χ4n) is 4.75. The molecule has 1 aliphatic heterocycles. The van der Waals surface area contributed by atoms with E-state index in [1.54, 1.807) is 7.11 Å². The zero-order valence-corrected chi connectivity index (χ0v) is 19.7. The Morgan fingerprint density at radius 1 is 1.09 bits per heavy atom. The summed E-state index contributed by atoms with van der Waals surface area (Å²) in [5.41, 5.74) is 4.79. The molecule has 2 aromatic rings. The lowest BCUT2D eigenvalue weighted by Crippen LogP contribution is -2.36. The van der Waals surface area contributed by atoms with E-state index in [4.69, 9.17) is 9.47 Å². The predicted molar refractivity (Wildman–Crippen MR) is 128 cm³/mol. The summed E-state index contributed by atoms with van der Waals surface area (Å²) < 4.78 is 11.2. The summed E-state index contributed by atoms with van der Waals surface area (Å²) in [5, 5.41) is 3.41. The average Bonchev–Trinajstić information content (AvgIpc) is 2.83. The molecule has 5 nitrogen and oxygen atoms in total. The van der Waals surface area contributed by atoms with Gasteiger partial charge < -0.3 is 14.8 Å². The Balaban J connectivity index is 1.80. The van der Waals surface area contributed by atoms with Crippen molar-refractivity contribution in [2.75, 3.05) is 7.11 Å². The number of carbonyl (C=O) groups excluding carboxylic acids is 2. The second kappa shape index (κ2) is 9.65. The van der Waals surface area contributed by atoms with Crippen LogP contribution in [0, 0.1) is 0 Å². The van der Waals surface area contributed by atoms with Gasteiger partial charge in [0.25, 0.3) is 0 Å². The lowest BCUT2D eigenvalue weighted by molar-refractivity contribution is -0.144. The molecule has 0 bridgehead atoms. The maximum absolute atomic E-state index is 13.6. The number of dihydropyridines is 1. The Bertz CT molecular complexity index is 1120. The number of nitrogens with one attached hydrogen (secondary N) is 1. The number of methoxy groups -OCH3 is 1. The van der Waals surface area contributed by atoms with Crippen LogP contribution < -0.4 is 10.1 Å². The van der Waals surface area contributed by atoms with Crippen LogP contribution in [0.4, 0.5) is 0 Å². The van der Waals surface area contributed by atoms with Crippen molar-refractivity contribution in [3.05, 3.63) is 88.3 Å². The van der Waals surface area contributed by atoms with Gasteiger partial charge >= 0.3 is 5.97 Å². The minimum Gasteiger partial charge on any atom is -0.497 e. The van der Waals surface area contributed by atoms with Crippen molar-refractivity contribution >= 4 is 11.8 Å². The van der Waals surface area contributed by atoms with Crippen molar-refractivity contribution in [3.8, 4) is 5.75 Å². The lowest BCUT2D eigenvalue weighted by Gasteiger charge is -2.37. The monoisotopic (exact) mass is 445 g/mol. The first-order chi connectivity index (χ1) is 15.9. The Kier molecular flexibility index (Phi) is 6.68. The number of benzene rings is 2. The first kappa shape index (κ1) is 22.8. The second-order valence-corrected chi connectivity index (χ2v) is 8.83. The van der Waals surface area contributed by atoms with E-state index in [1.165, 1.54) is 0 Å². The topological polar surface area (TPSA) is 64.6 Å². The molecule has 0 saturated carbocycles. The highest BCUT2D eigenvalue weighted by Crippen LogP contribution is 2.46. The van der Waals surface area contributed by atoms with Gasteiger partial charge in [0.15, 0.2) is 5.78 Å². The van der Waals surface area contributed by atoms with Crippen LogP contribution in [-0.4, -0.2) is 25.0 Å². The highest BCUT2D eigenvalue weighted by atomic mass is 16.5. The van der Waals surface area contributed by atoms with Crippen molar-refractivity contribution < 1.29 is 19.1 Å². The predicted octanol–water partition coefficient (Wildman–Crippen LogP) is 5.40. The number of carbonyl (C=O) groups is 2. The van der Waals surface area contributed by atoms with Crippen LogP contribution >= 0.6 is 0 Å². The lowest BCUT2D eigenvalue weighted by atomic mass is 9.71. The number of ketones is 1. The van der Waals surface area contributed by atoms with Gasteiger partial charge in [0.05, 0.1) is 18.8 Å². The summed E-state index contributed by atoms with van der Waals surface area (Å²) in [7, 11) is 1.61. The van der Waals surface area contributed by atoms with Gasteiger partial charge in [-0.2, -0.15) is 0 Å². The first-order valence-electron chi connectivity index (χ1n) is 11.6. The van der Waals surface area contributed by atoms with E-state index in [0.717, 1.165) is 35.4 Å². The molecule has 1 N–H and O–H groups in total. The zero-order chi connectivity index (χ0) is 23.5. The number of esters is 1. The molecule has 0 spiro atoms. The van der Waals surface area contributed by atoms with Crippen LogP contribution in [0.2, 0.25) is 0 Å². The third-order valence-electron chi connectivity index (χ3n) is 6.63. The number of ether oxygens (including phenoxy) is 2. The van der Waals surface area contributed by atoms with E-state index < -0.39 is 5.92 Å². The van der Waals surface area contributed by atoms with Gasteiger partial charge in [0.2, 0.25) is 0 Å². The minimum atomic E-state index is -0.489. The molecule has 0 amide bonds. The highest BCUT2D eigenvalue weighted by molar-refractivity contribution is 6.04. The molecule has 0 fully saturated rings. The molecule has 0 aromatic heterocycles. The van der Waals surface area contributed by atoms with Crippen molar-refractivity contribution in [3.63, 3.8) is 0 Å². The van der Waals surface area contributed by atoms with Crippen LogP contribution in [0.1, 0.15) is 63.0 Å². The maximum atomic E-state index is 13.6. The van der Waals surface area contributed by atoms with E-state index in [9.17, 15) is 9.59 Å². The molecular weight excluding hydrogens is 414 g/mol. The van der Waals surface area contributed by atoms with E-state index in [-0.39, 0.29) is 23.8 Å². The molecule has 33 heavy (non-hydrogen) atoms. The molecule has 2 aromatic carbocycles. The molecular formula is C28H31NO4. The van der Waals surface area contributed by atoms with Crippen LogP contribution in [0.25, 0.3) is 0 Å². The van der Waals surface area contributed by atoms with E-state index in [2.05, 4.69) is 17.4 Å². The minimum absolute atomic E-state index is 0.0618. The quantitative estimate of drug-likeness (QED) is 0.603. The van der Waals surface area contributed by atoms with Crippen LogP contribution in [0.5, 0.6) is 5.75 Å². The van der Waals surface area contributed by atoms with Gasteiger partial charge in [-0.1, -0.05) is 49.4 Å². The van der Waals surface area contributed by atoms with Gasteiger partial charge in [-0.25, -0.2) is 4.79 Å². The fourth-order valence-corrected chi connectivity index (χ4v) is 4.75. The highest BCUT2D eigenvalue weighted by Gasteiger charge is 2.41. The maximum Gasteiger partial charge on any atom is 0.337 e. The van der Waals surface area contributed by atoms with Crippen LogP contribution in [0.3, 0.4) is 0 Å². The van der Waals surface area contributed by atoms with E-state index in [1.807, 2.05) is 63.2 Å². The van der Waals surface area contributed by atoms with E-state index in [0.29, 0.717) is 23.3 Å². The van der Waals surface area contributed by atoms with Crippen molar-refractivity contribution in [2.24, 2.45) is 0 Å². The normalized spacial score (nSPS) is 21.3. The molecule has 1 aliphatic carbocycles. The third-order valence-corrected chi connectivity index (χ3v) is 6.63. The Labute approximate surface area is 195 Å². The number of allylic oxidation sites excluding steroid dienone is 3. The molecule has 3 atom stereocenters. The molecule has 172 valence electrons. The van der Waals surface area contributed by atoms with E-state index >= 15 is 0 Å². The zero-order valence-electron chi connectivity index (χ0n) is 19.7.